The Bertz CT molecular complexity index is 1440. The number of aromatic nitrogens is 2. The third-order valence-electron chi connectivity index (χ3n) is 5.32. The van der Waals surface area contributed by atoms with E-state index < -0.39 is 0 Å². The number of hydrogen-bond donors (Lipinski definition) is 3. The third-order valence-corrected chi connectivity index (χ3v) is 6.47. The van der Waals surface area contributed by atoms with Crippen LogP contribution in [0.4, 0.5) is 5.69 Å². The van der Waals surface area contributed by atoms with Crippen molar-refractivity contribution in [3.8, 4) is 10.4 Å². The molecule has 0 bridgehead atoms. The SMILES string of the molecule is Cc1c(NC(=O)C2=CC(=N)/C(=N\[OH2+])C=C2)cc(-c2cc3ccccc3s2)c2[nH]ncc12. The molecular formula is C23H18N5O2S+. The topological polar surface area (TPSA) is 117 Å². The van der Waals surface area contributed by atoms with E-state index in [0.717, 1.165) is 26.9 Å². The second kappa shape index (κ2) is 7.33. The van der Waals surface area contributed by atoms with E-state index in [4.69, 9.17) is 10.6 Å². The first-order chi connectivity index (χ1) is 15.0. The number of aromatic amines is 1. The molecule has 2 heterocycles. The van der Waals surface area contributed by atoms with E-state index in [1.165, 1.54) is 22.2 Å². The van der Waals surface area contributed by atoms with Gasteiger partial charge < -0.3 is 10.5 Å². The lowest BCUT2D eigenvalue weighted by Gasteiger charge is -2.13. The number of amides is 1. The van der Waals surface area contributed by atoms with Gasteiger partial charge >= 0.3 is 0 Å². The molecule has 1 amide bonds. The first kappa shape index (κ1) is 19.0. The van der Waals surface area contributed by atoms with E-state index >= 15 is 0 Å². The quantitative estimate of drug-likeness (QED) is 0.256. The minimum absolute atomic E-state index is 0.0376. The molecule has 31 heavy (non-hydrogen) atoms. The van der Waals surface area contributed by atoms with Gasteiger partial charge in [0.05, 0.1) is 22.6 Å². The number of hydrogen-bond acceptors (Lipinski definition) is 5. The second-order valence-corrected chi connectivity index (χ2v) is 8.29. The van der Waals surface area contributed by atoms with E-state index in [1.54, 1.807) is 23.6 Å². The van der Waals surface area contributed by atoms with Gasteiger partial charge in [-0.2, -0.15) is 5.10 Å². The first-order valence-corrected chi connectivity index (χ1v) is 10.4. The smallest absolute Gasteiger partial charge is 0.255 e. The summed E-state index contributed by atoms with van der Waals surface area (Å²) in [5.74, 6) is -0.321. The maximum atomic E-state index is 12.9. The Morgan fingerprint density at radius 2 is 2.10 bits per heavy atom. The molecule has 0 saturated carbocycles. The van der Waals surface area contributed by atoms with Crippen LogP contribution in [0, 0.1) is 12.3 Å². The molecule has 0 atom stereocenters. The first-order valence-electron chi connectivity index (χ1n) is 9.55. The number of rotatable bonds is 3. The summed E-state index contributed by atoms with van der Waals surface area (Å²) in [6.07, 6.45) is 6.25. The number of thiophene rings is 1. The van der Waals surface area contributed by atoms with Gasteiger partial charge in [0.25, 0.3) is 5.91 Å². The van der Waals surface area contributed by atoms with Crippen LogP contribution < -0.4 is 5.32 Å². The molecule has 8 heteroatoms. The lowest BCUT2D eigenvalue weighted by molar-refractivity contribution is -0.112. The third kappa shape index (κ3) is 3.23. The molecule has 5 rings (SSSR count). The molecule has 0 spiro atoms. The van der Waals surface area contributed by atoms with Crippen LogP contribution in [0.1, 0.15) is 5.56 Å². The van der Waals surface area contributed by atoms with Crippen LogP contribution in [0.15, 0.2) is 71.6 Å². The van der Waals surface area contributed by atoms with Crippen molar-refractivity contribution in [2.75, 3.05) is 5.32 Å². The maximum Gasteiger partial charge on any atom is 0.255 e. The summed E-state index contributed by atoms with van der Waals surface area (Å²) in [6, 6.07) is 12.3. The van der Waals surface area contributed by atoms with Crippen LogP contribution >= 0.6 is 11.3 Å². The number of benzene rings is 2. The van der Waals surface area contributed by atoms with Crippen LogP contribution in [-0.4, -0.2) is 32.7 Å². The molecular weight excluding hydrogens is 410 g/mol. The van der Waals surface area contributed by atoms with Gasteiger partial charge in [-0.05, 0) is 54.3 Å². The number of fused-ring (bicyclic) bond motifs is 2. The molecule has 2 aromatic heterocycles. The maximum absolute atomic E-state index is 12.9. The van der Waals surface area contributed by atoms with E-state index in [9.17, 15) is 4.79 Å². The Morgan fingerprint density at radius 3 is 2.87 bits per heavy atom. The number of carbonyl (C=O) groups is 1. The molecule has 7 nitrogen and oxygen atoms in total. The zero-order chi connectivity index (χ0) is 21.5. The highest BCUT2D eigenvalue weighted by Gasteiger charge is 2.19. The van der Waals surface area contributed by atoms with E-state index in [1.807, 2.05) is 25.1 Å². The predicted octanol–water partition coefficient (Wildman–Crippen LogP) is 4.29. The van der Waals surface area contributed by atoms with Gasteiger partial charge in [0.2, 0.25) is 0 Å². The van der Waals surface area contributed by atoms with Crippen molar-refractivity contribution in [3.05, 3.63) is 72.0 Å². The molecule has 0 aliphatic heterocycles. The minimum atomic E-state index is -0.321. The van der Waals surface area contributed by atoms with E-state index in [2.05, 4.69) is 38.9 Å². The molecule has 152 valence electrons. The Labute approximate surface area is 180 Å². The summed E-state index contributed by atoms with van der Waals surface area (Å²) in [6.45, 7) is 1.94. The van der Waals surface area contributed by atoms with Crippen molar-refractivity contribution in [1.82, 2.24) is 10.2 Å². The van der Waals surface area contributed by atoms with Crippen molar-refractivity contribution < 1.29 is 10.0 Å². The molecule has 0 unspecified atom stereocenters. The molecule has 0 saturated heterocycles. The summed E-state index contributed by atoms with van der Waals surface area (Å²) in [5, 5.41) is 30.7. The van der Waals surface area contributed by atoms with Gasteiger partial charge in [-0.15, -0.1) is 11.3 Å². The molecule has 0 fully saturated rings. The van der Waals surface area contributed by atoms with Crippen LogP contribution in [0.25, 0.3) is 31.4 Å². The van der Waals surface area contributed by atoms with Crippen LogP contribution in [0.5, 0.6) is 0 Å². The van der Waals surface area contributed by atoms with Crippen molar-refractivity contribution in [3.63, 3.8) is 0 Å². The fraction of sp³-hybridized carbons (Fsp3) is 0.0435. The van der Waals surface area contributed by atoms with Gasteiger partial charge in [-0.1, -0.05) is 18.2 Å². The monoisotopic (exact) mass is 428 g/mol. The van der Waals surface area contributed by atoms with Crippen LogP contribution in [0.3, 0.4) is 0 Å². The van der Waals surface area contributed by atoms with Crippen molar-refractivity contribution in [1.29, 1.82) is 5.41 Å². The van der Waals surface area contributed by atoms with Gasteiger partial charge in [-0.3, -0.25) is 15.3 Å². The van der Waals surface area contributed by atoms with Gasteiger partial charge in [0, 0.05) is 31.8 Å². The minimum Gasteiger partial charge on any atom is -0.469 e. The largest absolute Gasteiger partial charge is 0.469 e. The fourth-order valence-electron chi connectivity index (χ4n) is 3.65. The number of nitrogens with one attached hydrogen (secondary N) is 3. The number of aryl methyl sites for hydroxylation is 1. The summed E-state index contributed by atoms with van der Waals surface area (Å²) < 4.78 is 1.19. The molecule has 4 aromatic rings. The lowest BCUT2D eigenvalue weighted by atomic mass is 10.0. The van der Waals surface area contributed by atoms with Crippen LogP contribution in [-0.2, 0) is 4.79 Å². The van der Waals surface area contributed by atoms with Gasteiger partial charge in [0.1, 0.15) is 0 Å². The van der Waals surface area contributed by atoms with E-state index in [0.29, 0.717) is 11.3 Å². The number of nitrogens with zero attached hydrogens (tertiary/aromatic N) is 2. The van der Waals surface area contributed by atoms with Crippen LogP contribution in [0.2, 0.25) is 0 Å². The highest BCUT2D eigenvalue weighted by Crippen LogP contribution is 2.39. The van der Waals surface area contributed by atoms with Gasteiger partial charge in [-0.25, -0.2) is 0 Å². The summed E-state index contributed by atoms with van der Waals surface area (Å²) in [4.78, 5) is 14.0. The zero-order valence-corrected chi connectivity index (χ0v) is 17.3. The average Bonchev–Trinajstić information content (AvgIpc) is 3.43. The normalized spacial score (nSPS) is 15.1. The average molecular weight is 428 g/mol. The van der Waals surface area contributed by atoms with Gasteiger partial charge in [0.15, 0.2) is 5.71 Å². The highest BCUT2D eigenvalue weighted by molar-refractivity contribution is 7.22. The number of H-pyrrole nitrogens is 1. The second-order valence-electron chi connectivity index (χ2n) is 7.20. The number of allylic oxidation sites excluding steroid dienone is 2. The Morgan fingerprint density at radius 1 is 1.26 bits per heavy atom. The zero-order valence-electron chi connectivity index (χ0n) is 16.5. The summed E-state index contributed by atoms with van der Waals surface area (Å²) >= 11 is 1.69. The summed E-state index contributed by atoms with van der Waals surface area (Å²) in [5.41, 5.74) is 4.09. The Balaban J connectivity index is 1.57. The molecule has 1 aliphatic rings. The molecule has 5 N–H and O–H groups in total. The molecule has 2 aromatic carbocycles. The number of carbonyl (C=O) groups excluding carboxylic acids is 1. The molecule has 1 aliphatic carbocycles. The van der Waals surface area contributed by atoms with E-state index in [-0.39, 0.29) is 17.3 Å². The highest BCUT2D eigenvalue weighted by atomic mass is 32.1. The van der Waals surface area contributed by atoms with Crippen molar-refractivity contribution >= 4 is 55.3 Å². The van der Waals surface area contributed by atoms with Crippen molar-refractivity contribution in [2.45, 2.75) is 6.92 Å². The number of anilines is 1. The Hall–Kier alpha value is -4.04. The molecule has 0 radical (unpaired) electrons. The predicted molar refractivity (Wildman–Crippen MR) is 126 cm³/mol. The fourth-order valence-corrected chi connectivity index (χ4v) is 4.74. The summed E-state index contributed by atoms with van der Waals surface area (Å²) in [7, 11) is 0. The standard InChI is InChI=1S/C23H17N5O2S/c1-12-16-11-25-27-22(16)15(21-9-13-4-2-3-5-20(13)31-21)10-19(12)26-23(29)14-6-7-18(28-30)17(24)8-14/h2-11,24,30H,1H3,(H,25,27)(H,26,29)/p+1/b24-17?,28-18-. The van der Waals surface area contributed by atoms with Crippen molar-refractivity contribution in [2.24, 2.45) is 5.16 Å². The lowest BCUT2D eigenvalue weighted by Crippen LogP contribution is -2.20. The Kier molecular flexibility index (Phi) is 4.48.